The van der Waals surface area contributed by atoms with Gasteiger partial charge in [0.15, 0.2) is 0 Å². The number of carboxylic acids is 1. The first kappa shape index (κ1) is 6.73. The van der Waals surface area contributed by atoms with Gasteiger partial charge in [-0.15, -0.1) is 4.68 Å². The molecule has 54 valence electrons. The van der Waals surface area contributed by atoms with Crippen molar-refractivity contribution < 1.29 is 14.6 Å². The van der Waals surface area contributed by atoms with Crippen LogP contribution in [0.3, 0.4) is 0 Å². The highest BCUT2D eigenvalue weighted by Gasteiger charge is 2.06. The Kier molecular flexibility index (Phi) is 1.66. The number of aliphatic carboxylic acids is 1. The number of carbonyl (C=O) groups is 1. The maximum atomic E-state index is 10.1. The van der Waals surface area contributed by atoms with E-state index in [1.807, 2.05) is 0 Å². The second-order valence-corrected chi connectivity index (χ2v) is 1.96. The smallest absolute Gasteiger partial charge is 0.348 e. The van der Waals surface area contributed by atoms with E-state index in [2.05, 4.69) is 10.1 Å². The van der Waals surface area contributed by atoms with Crippen molar-refractivity contribution >= 4 is 5.97 Å². The number of nitrogens with one attached hydrogen (secondary N) is 1. The molecule has 5 heteroatoms. The average Bonchev–Trinajstić information content (AvgIpc) is 2.13. The number of H-pyrrole nitrogens is 1. The second kappa shape index (κ2) is 2.47. The summed E-state index contributed by atoms with van der Waals surface area (Å²) in [6.45, 7) is 1.69. The summed E-state index contributed by atoms with van der Waals surface area (Å²) in [4.78, 5) is 13.9. The molecule has 1 heterocycles. The summed E-state index contributed by atoms with van der Waals surface area (Å²) in [5.41, 5.74) is 0. The summed E-state index contributed by atoms with van der Waals surface area (Å²) in [5.74, 6) is -0.171. The van der Waals surface area contributed by atoms with Gasteiger partial charge in [0.2, 0.25) is 12.4 Å². The van der Waals surface area contributed by atoms with Crippen LogP contribution in [0.15, 0.2) is 6.33 Å². The van der Waals surface area contributed by atoms with Crippen molar-refractivity contribution in [2.45, 2.75) is 13.5 Å². The zero-order chi connectivity index (χ0) is 7.56. The lowest BCUT2D eigenvalue weighted by molar-refractivity contribution is -0.741. The molecule has 0 aliphatic rings. The number of hydrogen-bond acceptors (Lipinski definition) is 2. The lowest BCUT2D eigenvalue weighted by atomic mass is 10.7. The maximum Gasteiger partial charge on any atom is 0.348 e. The number of carboxylic acid groups (broad SMARTS) is 1. The predicted octanol–water partition coefficient (Wildman–Crippen LogP) is -0.910. The molecule has 2 N–H and O–H groups in total. The Morgan fingerprint density at radius 3 is 3.10 bits per heavy atom. The summed E-state index contributed by atoms with van der Waals surface area (Å²) in [6, 6.07) is 0. The Morgan fingerprint density at radius 1 is 2.00 bits per heavy atom. The van der Waals surface area contributed by atoms with Crippen molar-refractivity contribution in [1.29, 1.82) is 0 Å². The molecule has 1 aromatic heterocycles. The van der Waals surface area contributed by atoms with Crippen LogP contribution in [0.25, 0.3) is 0 Å². The molecule has 0 unspecified atom stereocenters. The van der Waals surface area contributed by atoms with Gasteiger partial charge in [-0.1, -0.05) is 0 Å². The van der Waals surface area contributed by atoms with Crippen LogP contribution in [-0.4, -0.2) is 21.2 Å². The quantitative estimate of drug-likeness (QED) is 0.525. The number of aromatic amines is 1. The van der Waals surface area contributed by atoms with E-state index in [-0.39, 0.29) is 6.54 Å². The molecule has 0 bridgehead atoms. The minimum Gasteiger partial charge on any atom is -0.478 e. The molecular formula is C5H8N3O2+. The van der Waals surface area contributed by atoms with E-state index >= 15 is 0 Å². The highest BCUT2D eigenvalue weighted by Crippen LogP contribution is 1.75. The Hall–Kier alpha value is -1.39. The molecule has 5 nitrogen and oxygen atoms in total. The lowest BCUT2D eigenvalue weighted by Gasteiger charge is -1.84. The van der Waals surface area contributed by atoms with Crippen LogP contribution in [-0.2, 0) is 11.3 Å². The molecule has 0 aliphatic heterocycles. The average molecular weight is 142 g/mol. The minimum atomic E-state index is -0.881. The van der Waals surface area contributed by atoms with Crippen LogP contribution in [0.1, 0.15) is 5.82 Å². The number of aromatic nitrogens is 3. The zero-order valence-corrected chi connectivity index (χ0v) is 5.53. The fraction of sp³-hybridized carbons (Fsp3) is 0.400. The molecule has 0 saturated carbocycles. The van der Waals surface area contributed by atoms with Gasteiger partial charge in [-0.2, -0.15) is 5.10 Å². The summed E-state index contributed by atoms with van der Waals surface area (Å²) in [7, 11) is 0. The van der Waals surface area contributed by atoms with E-state index in [9.17, 15) is 4.79 Å². The predicted molar refractivity (Wildman–Crippen MR) is 31.2 cm³/mol. The third kappa shape index (κ3) is 1.54. The second-order valence-electron chi connectivity index (χ2n) is 1.96. The van der Waals surface area contributed by atoms with Crippen molar-refractivity contribution in [1.82, 2.24) is 10.1 Å². The van der Waals surface area contributed by atoms with E-state index in [1.54, 1.807) is 6.92 Å². The van der Waals surface area contributed by atoms with Crippen molar-refractivity contribution in [2.75, 3.05) is 0 Å². The van der Waals surface area contributed by atoms with Crippen LogP contribution < -0.4 is 4.68 Å². The molecule has 0 aliphatic carbocycles. The molecule has 1 aromatic rings. The van der Waals surface area contributed by atoms with E-state index in [1.165, 1.54) is 11.0 Å². The molecule has 0 spiro atoms. The van der Waals surface area contributed by atoms with Gasteiger partial charge in [-0.25, -0.2) is 4.79 Å². The summed E-state index contributed by atoms with van der Waals surface area (Å²) in [5, 5.41) is 11.0. The van der Waals surface area contributed by atoms with Crippen LogP contribution >= 0.6 is 0 Å². The number of rotatable bonds is 2. The fourth-order valence-corrected chi connectivity index (χ4v) is 0.648. The molecule has 0 fully saturated rings. The first-order valence-electron chi connectivity index (χ1n) is 2.81. The molecule has 10 heavy (non-hydrogen) atoms. The highest BCUT2D eigenvalue weighted by atomic mass is 16.4. The van der Waals surface area contributed by atoms with Gasteiger partial charge >= 0.3 is 12.3 Å². The standard InChI is InChI=1S/C5H7N3O2/c1-4-6-3-8(7-4)2-5(9)10/h3H,2H2,1H3,(H,9,10)/p+1. The topological polar surface area (TPSA) is 69.9 Å². The third-order valence-corrected chi connectivity index (χ3v) is 1.00. The molecular weight excluding hydrogens is 134 g/mol. The molecule has 1 rings (SSSR count). The molecule has 0 amide bonds. The molecule has 0 atom stereocenters. The Balaban J connectivity index is 2.67. The van der Waals surface area contributed by atoms with Crippen molar-refractivity contribution in [3.63, 3.8) is 0 Å². The lowest BCUT2D eigenvalue weighted by Crippen LogP contribution is -2.39. The van der Waals surface area contributed by atoms with E-state index in [0.29, 0.717) is 5.82 Å². The van der Waals surface area contributed by atoms with Gasteiger partial charge in [0.25, 0.3) is 0 Å². The van der Waals surface area contributed by atoms with E-state index in [0.717, 1.165) is 0 Å². The SMILES string of the molecule is Cc1nc[n+](CC(=O)O)[nH]1. The van der Waals surface area contributed by atoms with Crippen LogP contribution in [0.4, 0.5) is 0 Å². The fourth-order valence-electron chi connectivity index (χ4n) is 0.648. The van der Waals surface area contributed by atoms with Crippen molar-refractivity contribution in [3.05, 3.63) is 12.2 Å². The minimum absolute atomic E-state index is 0.0686. The first-order chi connectivity index (χ1) is 4.68. The largest absolute Gasteiger partial charge is 0.478 e. The number of nitrogens with zero attached hydrogens (tertiary/aromatic N) is 2. The normalized spacial score (nSPS) is 9.70. The Bertz CT molecular complexity index is 243. The Morgan fingerprint density at radius 2 is 2.70 bits per heavy atom. The monoisotopic (exact) mass is 142 g/mol. The van der Waals surface area contributed by atoms with Gasteiger partial charge in [0.05, 0.1) is 0 Å². The zero-order valence-electron chi connectivity index (χ0n) is 5.53. The van der Waals surface area contributed by atoms with E-state index in [4.69, 9.17) is 5.11 Å². The first-order valence-corrected chi connectivity index (χ1v) is 2.81. The van der Waals surface area contributed by atoms with Gasteiger partial charge in [-0.05, 0) is 4.98 Å². The highest BCUT2D eigenvalue weighted by molar-refractivity contribution is 5.64. The van der Waals surface area contributed by atoms with Crippen LogP contribution in [0, 0.1) is 6.92 Å². The summed E-state index contributed by atoms with van der Waals surface area (Å²) in [6.07, 6.45) is 1.45. The van der Waals surface area contributed by atoms with Crippen LogP contribution in [0.5, 0.6) is 0 Å². The van der Waals surface area contributed by atoms with Crippen LogP contribution in [0.2, 0.25) is 0 Å². The molecule has 0 radical (unpaired) electrons. The molecule has 0 saturated heterocycles. The maximum absolute atomic E-state index is 10.1. The number of hydrogen-bond donors (Lipinski definition) is 2. The Labute approximate surface area is 57.3 Å². The van der Waals surface area contributed by atoms with E-state index < -0.39 is 5.97 Å². The van der Waals surface area contributed by atoms with Gasteiger partial charge < -0.3 is 5.11 Å². The number of aryl methyl sites for hydroxylation is 1. The third-order valence-electron chi connectivity index (χ3n) is 1.00. The summed E-state index contributed by atoms with van der Waals surface area (Å²) < 4.78 is 1.40. The van der Waals surface area contributed by atoms with Gasteiger partial charge in [0.1, 0.15) is 0 Å². The van der Waals surface area contributed by atoms with Gasteiger partial charge in [0, 0.05) is 6.92 Å². The van der Waals surface area contributed by atoms with Gasteiger partial charge in [-0.3, -0.25) is 0 Å². The van der Waals surface area contributed by atoms with Crippen molar-refractivity contribution in [2.24, 2.45) is 0 Å². The van der Waals surface area contributed by atoms with Crippen molar-refractivity contribution in [3.8, 4) is 0 Å². The molecule has 0 aromatic carbocycles. The summed E-state index contributed by atoms with van der Waals surface area (Å²) >= 11 is 0.